The summed E-state index contributed by atoms with van der Waals surface area (Å²) in [6.07, 6.45) is 0. The summed E-state index contributed by atoms with van der Waals surface area (Å²) in [5.74, 6) is -0.641. The van der Waals surface area contributed by atoms with Crippen molar-refractivity contribution in [2.24, 2.45) is 0 Å². The lowest BCUT2D eigenvalue weighted by molar-refractivity contribution is -0.384. The van der Waals surface area contributed by atoms with E-state index in [0.717, 1.165) is 18.8 Å². The summed E-state index contributed by atoms with van der Waals surface area (Å²) < 4.78 is 5.35. The van der Waals surface area contributed by atoms with Gasteiger partial charge in [-0.15, -0.1) is 0 Å². The predicted octanol–water partition coefficient (Wildman–Crippen LogP) is 3.80. The Morgan fingerprint density at radius 2 is 1.79 bits per heavy atom. The van der Waals surface area contributed by atoms with Gasteiger partial charge in [0.25, 0.3) is 11.6 Å². The van der Waals surface area contributed by atoms with Crippen LogP contribution in [0.5, 0.6) is 0 Å². The third-order valence-electron chi connectivity index (χ3n) is 4.43. The summed E-state index contributed by atoms with van der Waals surface area (Å²) in [7, 11) is 0. The second-order valence-corrected chi connectivity index (χ2v) is 6.10. The molecule has 0 aliphatic rings. The number of nitro benzene ring substituents is 1. The lowest BCUT2D eigenvalue weighted by Gasteiger charge is -2.21. The molecule has 3 aromatic rings. The van der Waals surface area contributed by atoms with Crippen LogP contribution in [0.3, 0.4) is 0 Å². The first-order chi connectivity index (χ1) is 13.4. The zero-order valence-corrected chi connectivity index (χ0v) is 15.5. The number of carbonyl (C=O) groups is 1. The minimum atomic E-state index is -0.747. The summed E-state index contributed by atoms with van der Waals surface area (Å²) in [4.78, 5) is 37.0. The number of anilines is 2. The molecule has 0 spiro atoms. The molecule has 8 heteroatoms. The fourth-order valence-electron chi connectivity index (χ4n) is 2.91. The number of amides is 1. The molecule has 0 atom stereocenters. The van der Waals surface area contributed by atoms with Crippen LogP contribution in [-0.4, -0.2) is 23.9 Å². The number of benzene rings is 2. The van der Waals surface area contributed by atoms with Crippen LogP contribution in [0, 0.1) is 10.1 Å². The van der Waals surface area contributed by atoms with Crippen LogP contribution >= 0.6 is 0 Å². The molecular weight excluding hydrogens is 362 g/mol. The standard InChI is InChI=1S/C20H19N3O5/c1-3-22(4-2)16-8-5-13-11-17(20(25)28-18(13)12-16)19(24)21-14-6-9-15(10-7-14)23(26)27/h5-12H,3-4H2,1-2H3,(H,21,24). The zero-order valence-electron chi connectivity index (χ0n) is 15.5. The van der Waals surface area contributed by atoms with Crippen LogP contribution in [0.25, 0.3) is 11.0 Å². The van der Waals surface area contributed by atoms with Crippen LogP contribution in [0.2, 0.25) is 0 Å². The van der Waals surface area contributed by atoms with Gasteiger partial charge in [0.1, 0.15) is 11.1 Å². The van der Waals surface area contributed by atoms with Crippen molar-refractivity contribution < 1.29 is 14.1 Å². The number of hydrogen-bond donors (Lipinski definition) is 1. The van der Waals surface area contributed by atoms with Gasteiger partial charge >= 0.3 is 5.63 Å². The lowest BCUT2D eigenvalue weighted by atomic mass is 10.1. The molecule has 144 valence electrons. The second-order valence-electron chi connectivity index (χ2n) is 6.10. The Hall–Kier alpha value is -3.68. The van der Waals surface area contributed by atoms with Crippen LogP contribution in [0.1, 0.15) is 24.2 Å². The van der Waals surface area contributed by atoms with E-state index in [1.165, 1.54) is 30.3 Å². The van der Waals surface area contributed by atoms with E-state index in [-0.39, 0.29) is 11.3 Å². The van der Waals surface area contributed by atoms with E-state index in [1.807, 2.05) is 19.9 Å². The van der Waals surface area contributed by atoms with Gasteiger partial charge in [-0.3, -0.25) is 14.9 Å². The van der Waals surface area contributed by atoms with Crippen LogP contribution in [-0.2, 0) is 0 Å². The van der Waals surface area contributed by atoms with E-state index < -0.39 is 16.5 Å². The Balaban J connectivity index is 1.89. The Morgan fingerprint density at radius 3 is 2.39 bits per heavy atom. The van der Waals surface area contributed by atoms with E-state index in [0.29, 0.717) is 16.7 Å². The molecule has 0 unspecified atom stereocenters. The fourth-order valence-corrected chi connectivity index (χ4v) is 2.91. The van der Waals surface area contributed by atoms with E-state index in [9.17, 15) is 19.7 Å². The van der Waals surface area contributed by atoms with Gasteiger partial charge in [0.05, 0.1) is 4.92 Å². The first kappa shape index (κ1) is 19.1. The van der Waals surface area contributed by atoms with E-state index in [2.05, 4.69) is 10.2 Å². The largest absolute Gasteiger partial charge is 0.422 e. The van der Waals surface area contributed by atoms with Gasteiger partial charge in [0, 0.05) is 48.0 Å². The monoisotopic (exact) mass is 381 g/mol. The van der Waals surface area contributed by atoms with E-state index >= 15 is 0 Å². The third kappa shape index (κ3) is 3.85. The summed E-state index contributed by atoms with van der Waals surface area (Å²) in [6.45, 7) is 5.72. The Labute approximate surface area is 160 Å². The highest BCUT2D eigenvalue weighted by Gasteiger charge is 2.15. The average molecular weight is 381 g/mol. The van der Waals surface area contributed by atoms with E-state index in [4.69, 9.17) is 4.42 Å². The molecule has 8 nitrogen and oxygen atoms in total. The fraction of sp³-hybridized carbons (Fsp3) is 0.200. The van der Waals surface area contributed by atoms with Gasteiger partial charge < -0.3 is 14.6 Å². The zero-order chi connectivity index (χ0) is 20.3. The Bertz CT molecular complexity index is 1090. The number of fused-ring (bicyclic) bond motifs is 1. The molecule has 0 radical (unpaired) electrons. The Morgan fingerprint density at radius 1 is 1.11 bits per heavy atom. The number of rotatable bonds is 6. The molecule has 0 bridgehead atoms. The molecule has 1 aromatic heterocycles. The molecule has 0 saturated carbocycles. The van der Waals surface area contributed by atoms with Crippen molar-refractivity contribution in [3.8, 4) is 0 Å². The molecule has 0 aliphatic heterocycles. The minimum absolute atomic E-state index is 0.0905. The topological polar surface area (TPSA) is 106 Å². The number of nitrogens with one attached hydrogen (secondary N) is 1. The van der Waals surface area contributed by atoms with Gasteiger partial charge in [-0.1, -0.05) is 0 Å². The molecule has 1 heterocycles. The third-order valence-corrected chi connectivity index (χ3v) is 4.43. The smallest absolute Gasteiger partial charge is 0.349 e. The van der Waals surface area contributed by atoms with E-state index in [1.54, 1.807) is 12.1 Å². The first-order valence-corrected chi connectivity index (χ1v) is 8.81. The van der Waals surface area contributed by atoms with Gasteiger partial charge in [0.2, 0.25) is 0 Å². The summed E-state index contributed by atoms with van der Waals surface area (Å²) in [5, 5.41) is 13.9. The highest BCUT2D eigenvalue weighted by molar-refractivity contribution is 6.05. The molecule has 0 aliphatic carbocycles. The molecule has 28 heavy (non-hydrogen) atoms. The number of nitro groups is 1. The SMILES string of the molecule is CCN(CC)c1ccc2cc(C(=O)Nc3ccc([N+](=O)[O-])cc3)c(=O)oc2c1. The van der Waals surface area contributed by atoms with Crippen LogP contribution < -0.4 is 15.8 Å². The molecule has 0 fully saturated rings. The van der Waals surface area contributed by atoms with Gasteiger partial charge in [-0.25, -0.2) is 4.79 Å². The van der Waals surface area contributed by atoms with Crippen molar-refractivity contribution in [3.05, 3.63) is 74.6 Å². The molecule has 2 aromatic carbocycles. The maximum atomic E-state index is 12.5. The second kappa shape index (κ2) is 7.91. The maximum Gasteiger partial charge on any atom is 0.349 e. The highest BCUT2D eigenvalue weighted by atomic mass is 16.6. The summed E-state index contributed by atoms with van der Waals surface area (Å²) >= 11 is 0. The number of non-ortho nitro benzene ring substituents is 1. The van der Waals surface area contributed by atoms with Crippen LogP contribution in [0.4, 0.5) is 17.1 Å². The van der Waals surface area contributed by atoms with Gasteiger partial charge in [-0.05, 0) is 44.2 Å². The summed E-state index contributed by atoms with van der Waals surface area (Å²) in [5.41, 5.74) is 0.703. The van der Waals surface area contributed by atoms with Crippen LogP contribution in [0.15, 0.2) is 57.7 Å². The average Bonchev–Trinajstić information content (AvgIpc) is 2.68. The quantitative estimate of drug-likeness (QED) is 0.395. The van der Waals surface area contributed by atoms with Gasteiger partial charge in [-0.2, -0.15) is 0 Å². The minimum Gasteiger partial charge on any atom is -0.422 e. The lowest BCUT2D eigenvalue weighted by Crippen LogP contribution is -2.22. The van der Waals surface area contributed by atoms with Crippen molar-refractivity contribution in [3.63, 3.8) is 0 Å². The number of nitrogens with zero attached hydrogens (tertiary/aromatic N) is 2. The Kier molecular flexibility index (Phi) is 5.39. The van der Waals surface area contributed by atoms with Crippen molar-refractivity contribution >= 4 is 33.9 Å². The number of carbonyl (C=O) groups excluding carboxylic acids is 1. The van der Waals surface area contributed by atoms with Crippen molar-refractivity contribution in [2.75, 3.05) is 23.3 Å². The molecule has 0 saturated heterocycles. The predicted molar refractivity (Wildman–Crippen MR) is 107 cm³/mol. The van der Waals surface area contributed by atoms with Crippen molar-refractivity contribution in [1.29, 1.82) is 0 Å². The maximum absolute atomic E-state index is 12.5. The van der Waals surface area contributed by atoms with Crippen molar-refractivity contribution in [2.45, 2.75) is 13.8 Å². The molecular formula is C20H19N3O5. The molecule has 1 amide bonds. The van der Waals surface area contributed by atoms with Gasteiger partial charge in [0.15, 0.2) is 0 Å². The number of hydrogen-bond acceptors (Lipinski definition) is 6. The van der Waals surface area contributed by atoms with Crippen molar-refractivity contribution in [1.82, 2.24) is 0 Å². The molecule has 1 N–H and O–H groups in total. The highest BCUT2D eigenvalue weighted by Crippen LogP contribution is 2.22. The first-order valence-electron chi connectivity index (χ1n) is 8.81. The summed E-state index contributed by atoms with van der Waals surface area (Å²) in [6, 6.07) is 12.3. The normalized spacial score (nSPS) is 10.6. The molecule has 3 rings (SSSR count).